The highest BCUT2D eigenvalue weighted by Crippen LogP contribution is 2.43. The molecule has 0 aliphatic heterocycles. The second-order valence-corrected chi connectivity index (χ2v) is 6.11. The number of ether oxygens (including phenoxy) is 1. The van der Waals surface area contributed by atoms with Crippen molar-refractivity contribution < 1.29 is 17.9 Å². The molecule has 0 atom stereocenters. The number of hydrogen-bond donors (Lipinski definition) is 1. The molecule has 0 amide bonds. The van der Waals surface area contributed by atoms with Gasteiger partial charge < -0.3 is 10.5 Å². The van der Waals surface area contributed by atoms with Crippen molar-refractivity contribution in [3.8, 4) is 0 Å². The van der Waals surface area contributed by atoms with E-state index in [1.807, 2.05) is 0 Å². The second-order valence-electron chi connectivity index (χ2n) is 6.11. The number of halogens is 3. The third-order valence-corrected chi connectivity index (χ3v) is 4.43. The van der Waals surface area contributed by atoms with E-state index in [-0.39, 0.29) is 23.3 Å². The van der Waals surface area contributed by atoms with Crippen LogP contribution >= 0.6 is 0 Å². The van der Waals surface area contributed by atoms with Crippen LogP contribution in [0.25, 0.3) is 0 Å². The first-order chi connectivity index (χ1) is 13.1. The topological polar surface area (TPSA) is 35.2 Å². The molecule has 0 fully saturated rings. The van der Waals surface area contributed by atoms with E-state index in [2.05, 4.69) is 0 Å². The Kier molecular flexibility index (Phi) is 5.94. The van der Waals surface area contributed by atoms with Gasteiger partial charge in [0, 0.05) is 23.3 Å². The molecule has 0 spiro atoms. The number of benzene rings is 3. The predicted molar refractivity (Wildman–Crippen MR) is 98.7 cm³/mol. The van der Waals surface area contributed by atoms with E-state index >= 15 is 0 Å². The van der Waals surface area contributed by atoms with E-state index in [0.29, 0.717) is 13.0 Å². The van der Waals surface area contributed by atoms with Gasteiger partial charge in [0.05, 0.1) is 0 Å². The summed E-state index contributed by atoms with van der Waals surface area (Å²) < 4.78 is 50.7. The van der Waals surface area contributed by atoms with Gasteiger partial charge in [0.2, 0.25) is 0 Å². The zero-order valence-corrected chi connectivity index (χ0v) is 14.7. The van der Waals surface area contributed by atoms with E-state index in [9.17, 15) is 13.2 Å². The van der Waals surface area contributed by atoms with Crippen molar-refractivity contribution in [1.82, 2.24) is 0 Å². The van der Waals surface area contributed by atoms with Gasteiger partial charge >= 0.3 is 0 Å². The Hall–Kier alpha value is -2.63. The molecule has 3 aromatic carbocycles. The quantitative estimate of drug-likeness (QED) is 0.480. The van der Waals surface area contributed by atoms with E-state index in [4.69, 9.17) is 10.5 Å². The van der Waals surface area contributed by atoms with Crippen LogP contribution in [0.4, 0.5) is 13.2 Å². The van der Waals surface area contributed by atoms with E-state index in [1.54, 1.807) is 18.2 Å². The first kappa shape index (κ1) is 19.1. The standard InChI is InChI=1S/C22H20F3NO/c23-19-11-4-1-8-16(19)22(27-15-7-14-26,17-9-2-5-12-20(17)24)18-10-3-6-13-21(18)25/h1-6,8-13H,7,14-15,26H2. The maximum absolute atomic E-state index is 14.9. The van der Waals surface area contributed by atoms with Crippen molar-refractivity contribution >= 4 is 0 Å². The Morgan fingerprint density at radius 1 is 0.667 bits per heavy atom. The maximum atomic E-state index is 14.9. The van der Waals surface area contributed by atoms with Crippen LogP contribution in [0.3, 0.4) is 0 Å². The van der Waals surface area contributed by atoms with E-state index in [1.165, 1.54) is 54.6 Å². The van der Waals surface area contributed by atoms with Gasteiger partial charge in [-0.25, -0.2) is 13.2 Å². The van der Waals surface area contributed by atoms with Gasteiger partial charge in [0.25, 0.3) is 0 Å². The van der Waals surface area contributed by atoms with Crippen LogP contribution in [-0.2, 0) is 10.3 Å². The average molecular weight is 371 g/mol. The lowest BCUT2D eigenvalue weighted by molar-refractivity contribution is 0.00520. The summed E-state index contributed by atoms with van der Waals surface area (Å²) in [6, 6.07) is 17.6. The second kappa shape index (κ2) is 8.37. The van der Waals surface area contributed by atoms with Crippen molar-refractivity contribution in [3.05, 3.63) is 107 Å². The molecular formula is C22H20F3NO. The summed E-state index contributed by atoms with van der Waals surface area (Å²) in [6.45, 7) is 0.440. The molecule has 0 unspecified atom stereocenters. The summed E-state index contributed by atoms with van der Waals surface area (Å²) in [5, 5.41) is 0. The van der Waals surface area contributed by atoms with Crippen molar-refractivity contribution in [1.29, 1.82) is 0 Å². The third kappa shape index (κ3) is 3.61. The predicted octanol–water partition coefficient (Wildman–Crippen LogP) is 4.76. The van der Waals surface area contributed by atoms with Gasteiger partial charge in [-0.15, -0.1) is 0 Å². The first-order valence-corrected chi connectivity index (χ1v) is 8.70. The highest BCUT2D eigenvalue weighted by molar-refractivity contribution is 5.49. The first-order valence-electron chi connectivity index (χ1n) is 8.70. The summed E-state index contributed by atoms with van der Waals surface area (Å²) in [7, 11) is 0. The van der Waals surface area contributed by atoms with Crippen LogP contribution in [0.15, 0.2) is 72.8 Å². The van der Waals surface area contributed by atoms with Crippen LogP contribution in [-0.4, -0.2) is 13.2 Å². The van der Waals surface area contributed by atoms with Gasteiger partial charge in [-0.1, -0.05) is 54.6 Å². The zero-order valence-electron chi connectivity index (χ0n) is 14.7. The molecule has 0 saturated heterocycles. The highest BCUT2D eigenvalue weighted by atomic mass is 19.1. The maximum Gasteiger partial charge on any atom is 0.152 e. The minimum Gasteiger partial charge on any atom is -0.360 e. The van der Waals surface area contributed by atoms with Gasteiger partial charge in [0.15, 0.2) is 5.60 Å². The van der Waals surface area contributed by atoms with Crippen molar-refractivity contribution in [2.24, 2.45) is 5.73 Å². The molecule has 0 aromatic heterocycles. The highest BCUT2D eigenvalue weighted by Gasteiger charge is 2.43. The number of hydrogen-bond acceptors (Lipinski definition) is 2. The zero-order chi connectivity index (χ0) is 19.3. The van der Waals surface area contributed by atoms with Gasteiger partial charge in [0.1, 0.15) is 17.5 Å². The smallest absolute Gasteiger partial charge is 0.152 e. The molecule has 0 radical (unpaired) electrons. The Morgan fingerprint density at radius 2 is 1.04 bits per heavy atom. The van der Waals surface area contributed by atoms with E-state index in [0.717, 1.165) is 0 Å². The molecule has 0 bridgehead atoms. The fourth-order valence-corrected chi connectivity index (χ4v) is 3.22. The SMILES string of the molecule is NCCCOC(c1ccccc1F)(c1ccccc1F)c1ccccc1F. The molecule has 3 aromatic rings. The molecule has 5 heteroatoms. The van der Waals surface area contributed by atoms with Gasteiger partial charge in [-0.3, -0.25) is 0 Å². The lowest BCUT2D eigenvalue weighted by Gasteiger charge is -2.36. The van der Waals surface area contributed by atoms with Crippen molar-refractivity contribution in [2.75, 3.05) is 13.2 Å². The van der Waals surface area contributed by atoms with Crippen LogP contribution in [0.2, 0.25) is 0 Å². The third-order valence-electron chi connectivity index (χ3n) is 4.43. The van der Waals surface area contributed by atoms with Crippen LogP contribution in [0, 0.1) is 17.5 Å². The summed E-state index contributed by atoms with van der Waals surface area (Å²) in [5.74, 6) is -1.84. The molecule has 140 valence electrons. The average Bonchev–Trinajstić information content (AvgIpc) is 2.68. The molecule has 2 nitrogen and oxygen atoms in total. The number of nitrogens with two attached hydrogens (primary N) is 1. The lowest BCUT2D eigenvalue weighted by Crippen LogP contribution is -2.36. The fraction of sp³-hybridized carbons (Fsp3) is 0.182. The largest absolute Gasteiger partial charge is 0.360 e. The Morgan fingerprint density at radius 3 is 1.37 bits per heavy atom. The molecule has 0 saturated carbocycles. The Labute approximate surface area is 156 Å². The molecule has 27 heavy (non-hydrogen) atoms. The minimum absolute atomic E-state index is 0.0391. The monoisotopic (exact) mass is 371 g/mol. The van der Waals surface area contributed by atoms with Crippen LogP contribution in [0.5, 0.6) is 0 Å². The molecule has 3 rings (SSSR count). The fourth-order valence-electron chi connectivity index (χ4n) is 3.22. The van der Waals surface area contributed by atoms with Crippen molar-refractivity contribution in [3.63, 3.8) is 0 Å². The minimum atomic E-state index is -1.78. The molecule has 0 aliphatic carbocycles. The normalized spacial score (nSPS) is 11.6. The molecule has 2 N–H and O–H groups in total. The molecular weight excluding hydrogens is 351 g/mol. The number of rotatable bonds is 7. The van der Waals surface area contributed by atoms with Crippen LogP contribution < -0.4 is 5.73 Å². The summed E-state index contributed by atoms with van der Waals surface area (Å²) >= 11 is 0. The van der Waals surface area contributed by atoms with E-state index < -0.39 is 23.1 Å². The summed E-state index contributed by atoms with van der Waals surface area (Å²) in [4.78, 5) is 0. The summed E-state index contributed by atoms with van der Waals surface area (Å²) in [5.41, 5.74) is 3.90. The van der Waals surface area contributed by atoms with Crippen LogP contribution in [0.1, 0.15) is 23.1 Å². The van der Waals surface area contributed by atoms with Crippen molar-refractivity contribution in [2.45, 2.75) is 12.0 Å². The lowest BCUT2D eigenvalue weighted by atomic mass is 9.79. The summed E-state index contributed by atoms with van der Waals surface area (Å²) in [6.07, 6.45) is 0.457. The van der Waals surface area contributed by atoms with Gasteiger partial charge in [-0.05, 0) is 31.2 Å². The Bertz CT molecular complexity index is 802. The molecule has 0 heterocycles. The van der Waals surface area contributed by atoms with Gasteiger partial charge in [-0.2, -0.15) is 0 Å². The Balaban J connectivity index is 2.37. The molecule has 0 aliphatic rings.